The van der Waals surface area contributed by atoms with Gasteiger partial charge in [-0.15, -0.1) is 0 Å². The Bertz CT molecular complexity index is 883. The summed E-state index contributed by atoms with van der Waals surface area (Å²) in [5, 5.41) is 2.73. The molecule has 2 heterocycles. The van der Waals surface area contributed by atoms with Crippen molar-refractivity contribution in [3.63, 3.8) is 0 Å². The predicted molar refractivity (Wildman–Crippen MR) is 104 cm³/mol. The van der Waals surface area contributed by atoms with Crippen LogP contribution in [0.5, 0.6) is 0 Å². The first-order chi connectivity index (χ1) is 12.8. The summed E-state index contributed by atoms with van der Waals surface area (Å²) < 4.78 is 23.0. The lowest BCUT2D eigenvalue weighted by Gasteiger charge is -2.27. The summed E-state index contributed by atoms with van der Waals surface area (Å²) in [6.45, 7) is 4.84. The number of nitrogens with zero attached hydrogens (tertiary/aromatic N) is 3. The number of carbonyl (C=O) groups is 1. The molecule has 0 spiro atoms. The molecule has 1 aliphatic rings. The van der Waals surface area contributed by atoms with Crippen molar-refractivity contribution in [2.24, 2.45) is 0 Å². The number of hydrogen-bond acceptors (Lipinski definition) is 6. The van der Waals surface area contributed by atoms with Crippen LogP contribution in [-0.2, 0) is 16.4 Å². The zero-order valence-electron chi connectivity index (χ0n) is 15.5. The molecular weight excluding hydrogens is 364 g/mol. The second-order valence-corrected chi connectivity index (χ2v) is 9.27. The Balaban J connectivity index is 1.68. The fraction of sp³-hybridized carbons (Fsp3) is 0.421. The van der Waals surface area contributed by atoms with Crippen molar-refractivity contribution in [3.8, 4) is 0 Å². The molecule has 0 bridgehead atoms. The Hall–Kier alpha value is -2.48. The van der Waals surface area contributed by atoms with E-state index < -0.39 is 15.7 Å². The molecule has 1 aromatic carbocycles. The molecule has 3 rings (SSSR count). The zero-order valence-corrected chi connectivity index (χ0v) is 16.3. The quantitative estimate of drug-likeness (QED) is 0.811. The van der Waals surface area contributed by atoms with Crippen LogP contribution in [0.4, 0.5) is 5.82 Å². The molecule has 1 unspecified atom stereocenters. The van der Waals surface area contributed by atoms with E-state index in [4.69, 9.17) is 0 Å². The molecule has 1 fully saturated rings. The van der Waals surface area contributed by atoms with Gasteiger partial charge in [-0.3, -0.25) is 4.79 Å². The SMILES string of the molecule is CC(C)N(Cc1ccccc1)c1cnc(C(=O)NC2CCS(=O)(=O)C2)cn1. The van der Waals surface area contributed by atoms with Crippen molar-refractivity contribution in [2.45, 2.75) is 38.9 Å². The molecule has 1 atom stereocenters. The normalized spacial score (nSPS) is 18.4. The number of rotatable bonds is 6. The Kier molecular flexibility index (Phi) is 5.74. The van der Waals surface area contributed by atoms with Crippen molar-refractivity contribution < 1.29 is 13.2 Å². The number of benzene rings is 1. The highest BCUT2D eigenvalue weighted by Gasteiger charge is 2.29. The Morgan fingerprint density at radius 1 is 1.22 bits per heavy atom. The van der Waals surface area contributed by atoms with Crippen molar-refractivity contribution in [1.82, 2.24) is 15.3 Å². The highest BCUT2D eigenvalue weighted by Crippen LogP contribution is 2.17. The van der Waals surface area contributed by atoms with Crippen LogP contribution in [0.1, 0.15) is 36.3 Å². The maximum atomic E-state index is 12.3. The molecule has 2 aromatic rings. The van der Waals surface area contributed by atoms with Gasteiger partial charge < -0.3 is 10.2 Å². The van der Waals surface area contributed by atoms with E-state index in [0.29, 0.717) is 18.8 Å². The molecule has 1 aromatic heterocycles. The first-order valence-electron chi connectivity index (χ1n) is 8.98. The van der Waals surface area contributed by atoms with Gasteiger partial charge in [0.05, 0.1) is 23.9 Å². The summed E-state index contributed by atoms with van der Waals surface area (Å²) in [6, 6.07) is 9.94. The van der Waals surface area contributed by atoms with Crippen molar-refractivity contribution in [3.05, 3.63) is 54.0 Å². The molecule has 0 radical (unpaired) electrons. The maximum Gasteiger partial charge on any atom is 0.271 e. The molecule has 8 heteroatoms. The van der Waals surface area contributed by atoms with E-state index in [2.05, 4.69) is 46.2 Å². The summed E-state index contributed by atoms with van der Waals surface area (Å²) in [4.78, 5) is 23.0. The molecule has 0 aliphatic carbocycles. The van der Waals surface area contributed by atoms with Gasteiger partial charge in [0.1, 0.15) is 11.5 Å². The van der Waals surface area contributed by atoms with Crippen LogP contribution in [0.3, 0.4) is 0 Å². The van der Waals surface area contributed by atoms with Gasteiger partial charge in [0.25, 0.3) is 5.91 Å². The van der Waals surface area contributed by atoms with E-state index in [1.54, 1.807) is 6.20 Å². The number of carbonyl (C=O) groups excluding carboxylic acids is 1. The highest BCUT2D eigenvalue weighted by molar-refractivity contribution is 7.91. The molecule has 27 heavy (non-hydrogen) atoms. The van der Waals surface area contributed by atoms with Gasteiger partial charge in [-0.1, -0.05) is 30.3 Å². The number of aromatic nitrogens is 2. The van der Waals surface area contributed by atoms with Crippen LogP contribution >= 0.6 is 0 Å². The van der Waals surface area contributed by atoms with Gasteiger partial charge in [0.2, 0.25) is 0 Å². The fourth-order valence-corrected chi connectivity index (χ4v) is 4.74. The van der Waals surface area contributed by atoms with Crippen LogP contribution in [0.25, 0.3) is 0 Å². The van der Waals surface area contributed by atoms with Crippen LogP contribution < -0.4 is 10.2 Å². The number of hydrogen-bond donors (Lipinski definition) is 1. The maximum absolute atomic E-state index is 12.3. The number of nitrogens with one attached hydrogen (secondary N) is 1. The van der Waals surface area contributed by atoms with Gasteiger partial charge >= 0.3 is 0 Å². The van der Waals surface area contributed by atoms with Gasteiger partial charge in [-0.25, -0.2) is 18.4 Å². The molecule has 1 amide bonds. The van der Waals surface area contributed by atoms with E-state index >= 15 is 0 Å². The molecule has 1 saturated heterocycles. The Morgan fingerprint density at radius 2 is 1.96 bits per heavy atom. The van der Waals surface area contributed by atoms with E-state index in [0.717, 1.165) is 5.56 Å². The molecular formula is C19H24N4O3S. The predicted octanol–water partition coefficient (Wildman–Crippen LogP) is 1.81. The van der Waals surface area contributed by atoms with Crippen LogP contribution in [-0.4, -0.2) is 47.9 Å². The third-order valence-corrected chi connectivity index (χ3v) is 6.32. The average molecular weight is 388 g/mol. The van der Waals surface area contributed by atoms with Crippen LogP contribution in [0, 0.1) is 0 Å². The first kappa shape index (κ1) is 19.3. The molecule has 0 saturated carbocycles. The first-order valence-corrected chi connectivity index (χ1v) is 10.8. The van der Waals surface area contributed by atoms with E-state index in [1.807, 2.05) is 18.2 Å². The lowest BCUT2D eigenvalue weighted by molar-refractivity contribution is 0.0935. The standard InChI is InChI=1S/C19H24N4O3S/c1-14(2)23(12-15-6-4-3-5-7-15)18-11-20-17(10-21-18)19(24)22-16-8-9-27(25,26)13-16/h3-7,10-11,14,16H,8-9,12-13H2,1-2H3,(H,22,24). The summed E-state index contributed by atoms with van der Waals surface area (Å²) in [5.74, 6) is 0.401. The minimum Gasteiger partial charge on any atom is -0.349 e. The van der Waals surface area contributed by atoms with Gasteiger partial charge in [0, 0.05) is 18.6 Å². The van der Waals surface area contributed by atoms with Gasteiger partial charge in [-0.05, 0) is 25.8 Å². The molecule has 7 nitrogen and oxygen atoms in total. The zero-order chi connectivity index (χ0) is 19.4. The van der Waals surface area contributed by atoms with E-state index in [1.165, 1.54) is 6.20 Å². The fourth-order valence-electron chi connectivity index (χ4n) is 3.06. The third kappa shape index (κ3) is 5.03. The lowest BCUT2D eigenvalue weighted by atomic mass is 10.2. The van der Waals surface area contributed by atoms with Crippen molar-refractivity contribution in [2.75, 3.05) is 16.4 Å². The van der Waals surface area contributed by atoms with E-state index in [9.17, 15) is 13.2 Å². The third-order valence-electron chi connectivity index (χ3n) is 4.55. The Morgan fingerprint density at radius 3 is 2.52 bits per heavy atom. The lowest BCUT2D eigenvalue weighted by Crippen LogP contribution is -2.36. The second kappa shape index (κ2) is 8.04. The molecule has 144 valence electrons. The highest BCUT2D eigenvalue weighted by atomic mass is 32.2. The Labute approximate surface area is 159 Å². The monoisotopic (exact) mass is 388 g/mol. The molecule has 1 N–H and O–H groups in total. The summed E-state index contributed by atoms with van der Waals surface area (Å²) in [7, 11) is -3.04. The number of sulfone groups is 1. The topological polar surface area (TPSA) is 92.3 Å². The van der Waals surface area contributed by atoms with Crippen LogP contribution in [0.15, 0.2) is 42.7 Å². The number of anilines is 1. The minimum absolute atomic E-state index is 0.0115. The minimum atomic E-state index is -3.04. The van der Waals surface area contributed by atoms with Gasteiger partial charge in [-0.2, -0.15) is 0 Å². The smallest absolute Gasteiger partial charge is 0.271 e. The summed E-state index contributed by atoms with van der Waals surface area (Å²) in [5.41, 5.74) is 1.35. The largest absolute Gasteiger partial charge is 0.349 e. The summed E-state index contributed by atoms with van der Waals surface area (Å²) in [6.07, 6.45) is 3.47. The summed E-state index contributed by atoms with van der Waals surface area (Å²) >= 11 is 0. The van der Waals surface area contributed by atoms with Crippen LogP contribution in [0.2, 0.25) is 0 Å². The number of amides is 1. The van der Waals surface area contributed by atoms with Gasteiger partial charge in [0.15, 0.2) is 9.84 Å². The molecule has 1 aliphatic heterocycles. The average Bonchev–Trinajstić information content (AvgIpc) is 2.99. The van der Waals surface area contributed by atoms with Crippen molar-refractivity contribution >= 4 is 21.6 Å². The second-order valence-electron chi connectivity index (χ2n) is 7.04. The van der Waals surface area contributed by atoms with Crippen molar-refractivity contribution in [1.29, 1.82) is 0 Å². The van der Waals surface area contributed by atoms with E-state index in [-0.39, 0.29) is 29.3 Å².